The number of rotatable bonds is 5. The number of nitrogens with two attached hydrogens (primary N) is 1. The molecule has 0 aliphatic carbocycles. The van der Waals surface area contributed by atoms with Gasteiger partial charge in [-0.3, -0.25) is 0 Å². The molecule has 1 heterocycles. The Morgan fingerprint density at radius 1 is 1.23 bits per heavy atom. The van der Waals surface area contributed by atoms with Crippen LogP contribution in [0, 0.1) is 11.8 Å². The zero-order valence-corrected chi connectivity index (χ0v) is 12.8. The summed E-state index contributed by atoms with van der Waals surface area (Å²) >= 11 is 0. The van der Waals surface area contributed by atoms with Gasteiger partial charge in [-0.1, -0.05) is 0 Å². The van der Waals surface area contributed by atoms with Crippen LogP contribution in [0.25, 0.3) is 0 Å². The van der Waals surface area contributed by atoms with Crippen molar-refractivity contribution in [2.45, 2.75) is 19.0 Å². The number of hydrogen-bond acceptors (Lipinski definition) is 3. The van der Waals surface area contributed by atoms with E-state index in [9.17, 15) is 13.2 Å². The quantitative estimate of drug-likeness (QED) is 0.907. The van der Waals surface area contributed by atoms with Crippen LogP contribution in [0.3, 0.4) is 0 Å². The Labute approximate surface area is 129 Å². The Balaban J connectivity index is 1.88. The SMILES string of the molecule is CN1CCC(C(CN)COc2ccc(C(F)(F)F)cc2)CC1. The van der Waals surface area contributed by atoms with E-state index in [2.05, 4.69) is 11.9 Å². The van der Waals surface area contributed by atoms with E-state index in [0.717, 1.165) is 38.1 Å². The van der Waals surface area contributed by atoms with Gasteiger partial charge < -0.3 is 15.4 Å². The fraction of sp³-hybridized carbons (Fsp3) is 0.625. The average Bonchev–Trinajstić information content (AvgIpc) is 2.49. The number of nitrogens with zero attached hydrogens (tertiary/aromatic N) is 1. The standard InChI is InChI=1S/C16H23F3N2O/c1-21-8-6-12(7-9-21)13(10-20)11-22-15-4-2-14(3-5-15)16(17,18)19/h2-5,12-13H,6-11,20H2,1H3. The molecule has 0 saturated carbocycles. The summed E-state index contributed by atoms with van der Waals surface area (Å²) < 4.78 is 43.1. The molecule has 0 aromatic heterocycles. The second kappa shape index (κ2) is 7.33. The summed E-state index contributed by atoms with van der Waals surface area (Å²) in [6, 6.07) is 4.82. The number of halogens is 3. The van der Waals surface area contributed by atoms with Crippen molar-refractivity contribution in [2.75, 3.05) is 33.3 Å². The molecule has 1 fully saturated rings. The second-order valence-corrected chi connectivity index (χ2v) is 5.97. The van der Waals surface area contributed by atoms with Gasteiger partial charge in [-0.25, -0.2) is 0 Å². The van der Waals surface area contributed by atoms with Gasteiger partial charge >= 0.3 is 6.18 Å². The van der Waals surface area contributed by atoms with E-state index >= 15 is 0 Å². The van der Waals surface area contributed by atoms with E-state index in [-0.39, 0.29) is 5.92 Å². The van der Waals surface area contributed by atoms with Crippen LogP contribution in [0.15, 0.2) is 24.3 Å². The molecule has 0 spiro atoms. The minimum absolute atomic E-state index is 0.246. The van der Waals surface area contributed by atoms with Crippen LogP contribution in [0.4, 0.5) is 13.2 Å². The van der Waals surface area contributed by atoms with Gasteiger partial charge in [0.1, 0.15) is 5.75 Å². The Kier molecular flexibility index (Phi) is 5.69. The van der Waals surface area contributed by atoms with Crippen molar-refractivity contribution in [1.29, 1.82) is 0 Å². The molecule has 0 radical (unpaired) electrons. The summed E-state index contributed by atoms with van der Waals surface area (Å²) in [5, 5.41) is 0. The Hall–Kier alpha value is -1.27. The third kappa shape index (κ3) is 4.61. The van der Waals surface area contributed by atoms with Crippen LogP contribution < -0.4 is 10.5 Å². The van der Waals surface area contributed by atoms with Gasteiger partial charge in [0.25, 0.3) is 0 Å². The molecule has 6 heteroatoms. The van der Waals surface area contributed by atoms with Gasteiger partial charge in [0.15, 0.2) is 0 Å². The molecule has 1 aromatic carbocycles. The molecule has 1 aliphatic rings. The fourth-order valence-corrected chi connectivity index (χ4v) is 2.84. The van der Waals surface area contributed by atoms with Crippen molar-refractivity contribution >= 4 is 0 Å². The van der Waals surface area contributed by atoms with E-state index in [1.54, 1.807) is 0 Å². The van der Waals surface area contributed by atoms with Gasteiger partial charge in [0, 0.05) is 5.92 Å². The first-order valence-corrected chi connectivity index (χ1v) is 7.59. The van der Waals surface area contributed by atoms with Crippen LogP contribution in [0.5, 0.6) is 5.75 Å². The van der Waals surface area contributed by atoms with Gasteiger partial charge in [-0.05, 0) is 69.7 Å². The number of likely N-dealkylation sites (tertiary alicyclic amines) is 1. The summed E-state index contributed by atoms with van der Waals surface area (Å²) in [6.07, 6.45) is -2.13. The number of alkyl halides is 3. The smallest absolute Gasteiger partial charge is 0.416 e. The van der Waals surface area contributed by atoms with E-state index < -0.39 is 11.7 Å². The molecule has 0 bridgehead atoms. The van der Waals surface area contributed by atoms with Crippen molar-refractivity contribution in [3.05, 3.63) is 29.8 Å². The molecule has 3 nitrogen and oxygen atoms in total. The summed E-state index contributed by atoms with van der Waals surface area (Å²) in [7, 11) is 2.10. The molecular weight excluding hydrogens is 293 g/mol. The third-order valence-electron chi connectivity index (χ3n) is 4.38. The molecule has 124 valence electrons. The molecule has 1 aromatic rings. The largest absolute Gasteiger partial charge is 0.493 e. The topological polar surface area (TPSA) is 38.5 Å². The Bertz CT molecular complexity index is 453. The molecule has 0 amide bonds. The van der Waals surface area contributed by atoms with Gasteiger partial charge in [0.05, 0.1) is 12.2 Å². The first kappa shape index (κ1) is 17.1. The lowest BCUT2D eigenvalue weighted by Crippen LogP contribution is -2.37. The lowest BCUT2D eigenvalue weighted by Gasteiger charge is -2.33. The van der Waals surface area contributed by atoms with Crippen LogP contribution in [0.2, 0.25) is 0 Å². The predicted molar refractivity (Wildman–Crippen MR) is 79.7 cm³/mol. The molecule has 2 rings (SSSR count). The van der Waals surface area contributed by atoms with Gasteiger partial charge in [0.2, 0.25) is 0 Å². The third-order valence-corrected chi connectivity index (χ3v) is 4.38. The highest BCUT2D eigenvalue weighted by molar-refractivity contribution is 5.28. The lowest BCUT2D eigenvalue weighted by molar-refractivity contribution is -0.137. The maximum absolute atomic E-state index is 12.5. The zero-order chi connectivity index (χ0) is 16.2. The first-order valence-electron chi connectivity index (χ1n) is 7.59. The van der Waals surface area contributed by atoms with Crippen molar-refractivity contribution in [3.8, 4) is 5.75 Å². The van der Waals surface area contributed by atoms with Crippen LogP contribution >= 0.6 is 0 Å². The van der Waals surface area contributed by atoms with Crippen molar-refractivity contribution in [1.82, 2.24) is 4.90 Å². The zero-order valence-electron chi connectivity index (χ0n) is 12.8. The number of hydrogen-bond donors (Lipinski definition) is 1. The normalized spacial score (nSPS) is 19.1. The molecule has 22 heavy (non-hydrogen) atoms. The minimum atomic E-state index is -4.31. The maximum atomic E-state index is 12.5. The van der Waals surface area contributed by atoms with Crippen LogP contribution in [0.1, 0.15) is 18.4 Å². The number of piperidine rings is 1. The highest BCUT2D eigenvalue weighted by Crippen LogP contribution is 2.30. The summed E-state index contributed by atoms with van der Waals surface area (Å²) in [5.74, 6) is 1.23. The highest BCUT2D eigenvalue weighted by atomic mass is 19.4. The van der Waals surface area contributed by atoms with E-state index in [1.165, 1.54) is 12.1 Å². The second-order valence-electron chi connectivity index (χ2n) is 5.97. The van der Waals surface area contributed by atoms with Crippen molar-refractivity contribution in [3.63, 3.8) is 0 Å². The summed E-state index contributed by atoms with van der Waals surface area (Å²) in [6.45, 7) is 3.11. The van der Waals surface area contributed by atoms with Gasteiger partial charge in [-0.2, -0.15) is 13.2 Å². The van der Waals surface area contributed by atoms with E-state index in [1.807, 2.05) is 0 Å². The van der Waals surface area contributed by atoms with Crippen molar-refractivity contribution < 1.29 is 17.9 Å². The number of benzene rings is 1. The Morgan fingerprint density at radius 2 is 1.82 bits per heavy atom. The molecule has 1 atom stereocenters. The van der Waals surface area contributed by atoms with E-state index in [0.29, 0.717) is 24.8 Å². The van der Waals surface area contributed by atoms with Gasteiger partial charge in [-0.15, -0.1) is 0 Å². The summed E-state index contributed by atoms with van der Waals surface area (Å²) in [4.78, 5) is 2.29. The predicted octanol–water partition coefficient (Wildman–Crippen LogP) is 3.00. The van der Waals surface area contributed by atoms with Crippen LogP contribution in [-0.4, -0.2) is 38.2 Å². The average molecular weight is 316 g/mol. The summed E-state index contributed by atoms with van der Waals surface area (Å²) in [5.41, 5.74) is 5.18. The fourth-order valence-electron chi connectivity index (χ4n) is 2.84. The van der Waals surface area contributed by atoms with Crippen LogP contribution in [-0.2, 0) is 6.18 Å². The number of ether oxygens (including phenoxy) is 1. The Morgan fingerprint density at radius 3 is 2.32 bits per heavy atom. The minimum Gasteiger partial charge on any atom is -0.493 e. The molecule has 1 saturated heterocycles. The molecular formula is C16H23F3N2O. The maximum Gasteiger partial charge on any atom is 0.416 e. The molecule has 1 aliphatic heterocycles. The van der Waals surface area contributed by atoms with E-state index in [4.69, 9.17) is 10.5 Å². The molecule has 2 N–H and O–H groups in total. The first-order chi connectivity index (χ1) is 10.4. The highest BCUT2D eigenvalue weighted by Gasteiger charge is 2.30. The van der Waals surface area contributed by atoms with Crippen molar-refractivity contribution in [2.24, 2.45) is 17.6 Å². The lowest BCUT2D eigenvalue weighted by atomic mass is 9.85. The monoisotopic (exact) mass is 316 g/mol. The molecule has 1 unspecified atom stereocenters.